The number of aryl methyl sites for hydroxylation is 1. The van der Waals surface area contributed by atoms with Crippen LogP contribution in [0.5, 0.6) is 0 Å². The number of carbonyl (C=O) groups excluding carboxylic acids is 2. The fraction of sp³-hybridized carbons (Fsp3) is 0.130. The summed E-state index contributed by atoms with van der Waals surface area (Å²) in [5.41, 5.74) is 3.50. The number of hydrogen-bond acceptors (Lipinski definition) is 4. The minimum Gasteiger partial charge on any atom is -0.324 e. The zero-order chi connectivity index (χ0) is 22.0. The van der Waals surface area contributed by atoms with Crippen LogP contribution in [0.2, 0.25) is 0 Å². The summed E-state index contributed by atoms with van der Waals surface area (Å²) in [4.78, 5) is 26.1. The molecule has 0 saturated heterocycles. The maximum atomic E-state index is 12.6. The van der Waals surface area contributed by atoms with Crippen molar-refractivity contribution in [3.8, 4) is 0 Å². The number of para-hydroxylation sites is 1. The first-order chi connectivity index (χ1) is 14.9. The van der Waals surface area contributed by atoms with E-state index in [2.05, 4.69) is 15.4 Å². The molecular formula is C23H21N3O3S2. The highest BCUT2D eigenvalue weighted by molar-refractivity contribution is 8.01. The van der Waals surface area contributed by atoms with Crippen LogP contribution in [-0.4, -0.2) is 21.3 Å². The minimum absolute atomic E-state index is 0.0713. The zero-order valence-electron chi connectivity index (χ0n) is 17.0. The molecule has 1 heterocycles. The van der Waals surface area contributed by atoms with Gasteiger partial charge in [0.05, 0.1) is 15.8 Å². The molecule has 1 aliphatic heterocycles. The van der Waals surface area contributed by atoms with Gasteiger partial charge in [-0.1, -0.05) is 18.2 Å². The Morgan fingerprint density at radius 3 is 2.55 bits per heavy atom. The Morgan fingerprint density at radius 1 is 1.06 bits per heavy atom. The second kappa shape index (κ2) is 8.95. The highest BCUT2D eigenvalue weighted by Crippen LogP contribution is 2.36. The van der Waals surface area contributed by atoms with Crippen molar-refractivity contribution in [2.24, 2.45) is 0 Å². The van der Waals surface area contributed by atoms with E-state index in [0.717, 1.165) is 16.1 Å². The third-order valence-corrected chi connectivity index (χ3v) is 7.13. The second-order valence-corrected chi connectivity index (χ2v) is 9.72. The summed E-state index contributed by atoms with van der Waals surface area (Å²) in [6, 6.07) is 19.7. The molecule has 3 aromatic rings. The number of thioether (sulfide) groups is 1. The van der Waals surface area contributed by atoms with Gasteiger partial charge in [-0.25, -0.2) is 4.21 Å². The van der Waals surface area contributed by atoms with Gasteiger partial charge in [-0.15, -0.1) is 11.8 Å². The number of hydrogen-bond donors (Lipinski definition) is 3. The Hall–Kier alpha value is -3.10. The van der Waals surface area contributed by atoms with Crippen LogP contribution in [0.1, 0.15) is 22.8 Å². The maximum Gasteiger partial charge on any atom is 0.255 e. The summed E-state index contributed by atoms with van der Waals surface area (Å²) in [5.74, 6) is -0.356. The van der Waals surface area contributed by atoms with Gasteiger partial charge in [0.25, 0.3) is 5.91 Å². The highest BCUT2D eigenvalue weighted by atomic mass is 32.2. The molecule has 2 atom stereocenters. The van der Waals surface area contributed by atoms with Gasteiger partial charge < -0.3 is 15.4 Å². The summed E-state index contributed by atoms with van der Waals surface area (Å²) >= 11 is 1.47. The first-order valence-electron chi connectivity index (χ1n) is 9.68. The van der Waals surface area contributed by atoms with Crippen LogP contribution in [0, 0.1) is 6.92 Å². The lowest BCUT2D eigenvalue weighted by Crippen LogP contribution is -2.26. The minimum atomic E-state index is -1.41. The molecule has 3 N–H and O–H groups in total. The van der Waals surface area contributed by atoms with Crippen molar-refractivity contribution in [3.05, 3.63) is 77.9 Å². The van der Waals surface area contributed by atoms with Crippen molar-refractivity contribution in [2.45, 2.75) is 28.9 Å². The topological polar surface area (TPSA) is 87.3 Å². The molecule has 0 saturated carbocycles. The van der Waals surface area contributed by atoms with Crippen LogP contribution < -0.4 is 15.4 Å². The van der Waals surface area contributed by atoms with Crippen LogP contribution in [-0.2, 0) is 15.8 Å². The van der Waals surface area contributed by atoms with Gasteiger partial charge in [0.15, 0.2) is 0 Å². The molecule has 2 unspecified atom stereocenters. The van der Waals surface area contributed by atoms with E-state index in [9.17, 15) is 13.8 Å². The van der Waals surface area contributed by atoms with E-state index in [4.69, 9.17) is 0 Å². The Labute approximate surface area is 187 Å². The summed E-state index contributed by atoms with van der Waals surface area (Å²) in [5, 5.41) is 5.51. The lowest BCUT2D eigenvalue weighted by molar-refractivity contribution is -0.115. The standard InChI is InChI=1S/C23H21N3O3S2/c1-14-5-3-4-6-19(14)26-31(29)18-10-8-17(9-11-18)24-23(28)16-7-12-21-20(13-16)25-22(27)15(2)30-21/h3-13,15,26H,1-2H3,(H,24,28)(H,25,27). The molecule has 31 heavy (non-hydrogen) atoms. The number of anilines is 3. The predicted octanol–water partition coefficient (Wildman–Crippen LogP) is 4.81. The van der Waals surface area contributed by atoms with Crippen LogP contribution in [0.25, 0.3) is 0 Å². The smallest absolute Gasteiger partial charge is 0.255 e. The Kier molecular flexibility index (Phi) is 6.11. The molecule has 0 bridgehead atoms. The number of carbonyl (C=O) groups is 2. The van der Waals surface area contributed by atoms with E-state index in [0.29, 0.717) is 21.8 Å². The predicted molar refractivity (Wildman–Crippen MR) is 126 cm³/mol. The van der Waals surface area contributed by atoms with Gasteiger partial charge in [0.2, 0.25) is 5.91 Å². The van der Waals surface area contributed by atoms with Crippen LogP contribution in [0.15, 0.2) is 76.5 Å². The van der Waals surface area contributed by atoms with Crippen molar-refractivity contribution >= 4 is 51.6 Å². The fourth-order valence-electron chi connectivity index (χ4n) is 3.06. The lowest BCUT2D eigenvalue weighted by atomic mass is 10.1. The van der Waals surface area contributed by atoms with Gasteiger partial charge in [0, 0.05) is 21.8 Å². The third-order valence-electron chi connectivity index (χ3n) is 4.85. The molecule has 0 spiro atoms. The van der Waals surface area contributed by atoms with Crippen molar-refractivity contribution < 1.29 is 13.8 Å². The van der Waals surface area contributed by atoms with E-state index in [-0.39, 0.29) is 17.1 Å². The molecular weight excluding hydrogens is 430 g/mol. The Balaban J connectivity index is 1.43. The van der Waals surface area contributed by atoms with E-state index in [1.165, 1.54) is 11.8 Å². The zero-order valence-corrected chi connectivity index (χ0v) is 18.6. The van der Waals surface area contributed by atoms with E-state index < -0.39 is 11.0 Å². The quantitative estimate of drug-likeness (QED) is 0.519. The number of fused-ring (bicyclic) bond motifs is 1. The summed E-state index contributed by atoms with van der Waals surface area (Å²) in [7, 11) is -1.41. The normalized spacial score (nSPS) is 16.1. The summed E-state index contributed by atoms with van der Waals surface area (Å²) in [6.45, 7) is 3.79. The molecule has 6 nitrogen and oxygen atoms in total. The molecule has 1 aliphatic rings. The molecule has 0 aliphatic carbocycles. The number of benzene rings is 3. The second-order valence-electron chi connectivity index (χ2n) is 7.12. The molecule has 4 rings (SSSR count). The number of amides is 2. The van der Waals surface area contributed by atoms with Gasteiger partial charge in [-0.3, -0.25) is 9.59 Å². The van der Waals surface area contributed by atoms with E-state index in [1.54, 1.807) is 36.4 Å². The highest BCUT2D eigenvalue weighted by Gasteiger charge is 2.23. The molecule has 158 valence electrons. The third kappa shape index (κ3) is 4.81. The fourth-order valence-corrected chi connectivity index (χ4v) is 4.92. The Morgan fingerprint density at radius 2 is 1.81 bits per heavy atom. The first-order valence-corrected chi connectivity index (χ1v) is 11.7. The summed E-state index contributed by atoms with van der Waals surface area (Å²) < 4.78 is 15.6. The monoisotopic (exact) mass is 451 g/mol. The number of nitrogens with one attached hydrogen (secondary N) is 3. The maximum absolute atomic E-state index is 12.6. The van der Waals surface area contributed by atoms with Gasteiger partial charge in [0.1, 0.15) is 11.0 Å². The Bertz CT molecular complexity index is 1180. The van der Waals surface area contributed by atoms with Crippen molar-refractivity contribution in [1.29, 1.82) is 0 Å². The SMILES string of the molecule is Cc1ccccc1NS(=O)c1ccc(NC(=O)c2ccc3c(c2)NC(=O)C(C)S3)cc1. The molecule has 3 aromatic carbocycles. The van der Waals surface area contributed by atoms with Gasteiger partial charge in [-0.2, -0.15) is 0 Å². The average molecular weight is 452 g/mol. The van der Waals surface area contributed by atoms with Crippen LogP contribution >= 0.6 is 11.8 Å². The van der Waals surface area contributed by atoms with Gasteiger partial charge in [-0.05, 0) is 67.9 Å². The number of rotatable bonds is 5. The van der Waals surface area contributed by atoms with Crippen molar-refractivity contribution in [2.75, 3.05) is 15.4 Å². The first kappa shape index (κ1) is 21.1. The van der Waals surface area contributed by atoms with Crippen LogP contribution in [0.3, 0.4) is 0 Å². The molecule has 0 aromatic heterocycles. The van der Waals surface area contributed by atoms with Crippen LogP contribution in [0.4, 0.5) is 17.1 Å². The van der Waals surface area contributed by atoms with Gasteiger partial charge >= 0.3 is 0 Å². The average Bonchev–Trinajstić information content (AvgIpc) is 2.76. The van der Waals surface area contributed by atoms with E-state index in [1.807, 2.05) is 44.2 Å². The van der Waals surface area contributed by atoms with Crippen molar-refractivity contribution in [1.82, 2.24) is 0 Å². The molecule has 2 amide bonds. The molecule has 0 radical (unpaired) electrons. The molecule has 0 fully saturated rings. The van der Waals surface area contributed by atoms with E-state index >= 15 is 0 Å². The molecule has 8 heteroatoms. The summed E-state index contributed by atoms with van der Waals surface area (Å²) in [6.07, 6.45) is 0. The van der Waals surface area contributed by atoms with Crippen molar-refractivity contribution in [3.63, 3.8) is 0 Å². The lowest BCUT2D eigenvalue weighted by Gasteiger charge is -2.21. The largest absolute Gasteiger partial charge is 0.324 e.